The van der Waals surface area contributed by atoms with Gasteiger partial charge in [-0.1, -0.05) is 13.8 Å². The van der Waals surface area contributed by atoms with Crippen molar-refractivity contribution in [3.8, 4) is 0 Å². The van der Waals surface area contributed by atoms with Crippen LogP contribution in [0.4, 0.5) is 0 Å². The van der Waals surface area contributed by atoms with Gasteiger partial charge >= 0.3 is 5.97 Å². The average Bonchev–Trinajstić information content (AvgIpc) is 2.75. The van der Waals surface area contributed by atoms with E-state index in [4.69, 9.17) is 28.7 Å². The smallest absolute Gasteiger partial charge is 0.326 e. The van der Waals surface area contributed by atoms with E-state index in [1.807, 2.05) is 0 Å². The second kappa shape index (κ2) is 16.1. The van der Waals surface area contributed by atoms with Crippen molar-refractivity contribution in [3.05, 3.63) is 0 Å². The molecule has 0 aromatic heterocycles. The molecule has 4 atom stereocenters. The van der Waals surface area contributed by atoms with E-state index in [2.05, 4.69) is 25.9 Å². The first kappa shape index (κ1) is 31.4. The molecule has 35 heavy (non-hydrogen) atoms. The van der Waals surface area contributed by atoms with E-state index < -0.39 is 47.9 Å². The maximum Gasteiger partial charge on any atom is 0.326 e. The summed E-state index contributed by atoms with van der Waals surface area (Å²) in [7, 11) is 0. The van der Waals surface area contributed by atoms with Gasteiger partial charge in [-0.05, 0) is 38.5 Å². The summed E-state index contributed by atoms with van der Waals surface area (Å²) in [6.45, 7) is 5.35. The van der Waals surface area contributed by atoms with Crippen LogP contribution in [0.15, 0.2) is 9.98 Å². The molecule has 15 heteroatoms. The van der Waals surface area contributed by atoms with Crippen LogP contribution in [0.2, 0.25) is 0 Å². The van der Waals surface area contributed by atoms with Gasteiger partial charge in [0.25, 0.3) is 0 Å². The van der Waals surface area contributed by atoms with Crippen LogP contribution in [0, 0.1) is 5.92 Å². The number of aliphatic imine (C=N–C) groups is 2. The lowest BCUT2D eigenvalue weighted by Crippen LogP contribution is -2.57. The Labute approximate surface area is 204 Å². The number of nitrogens with one attached hydrogen (secondary N) is 3. The van der Waals surface area contributed by atoms with Gasteiger partial charge in [0.15, 0.2) is 11.9 Å². The normalized spacial score (nSPS) is 14.1. The largest absolute Gasteiger partial charge is 0.480 e. The highest BCUT2D eigenvalue weighted by molar-refractivity contribution is 5.94. The molecule has 0 aliphatic carbocycles. The number of guanidine groups is 2. The van der Waals surface area contributed by atoms with E-state index in [-0.39, 0.29) is 30.8 Å². The fraction of sp³-hybridized carbons (Fsp3) is 0.700. The first-order valence-corrected chi connectivity index (χ1v) is 11.3. The average molecular weight is 501 g/mol. The van der Waals surface area contributed by atoms with Crippen LogP contribution in [0.3, 0.4) is 0 Å². The van der Waals surface area contributed by atoms with Gasteiger partial charge < -0.3 is 49.7 Å². The van der Waals surface area contributed by atoms with Crippen molar-refractivity contribution in [2.24, 2.45) is 44.6 Å². The number of hydrogen-bond acceptors (Lipinski definition) is 7. The van der Waals surface area contributed by atoms with Crippen LogP contribution in [-0.2, 0) is 19.2 Å². The third-order valence-electron chi connectivity index (χ3n) is 4.86. The number of carboxylic acids is 1. The Morgan fingerprint density at radius 1 is 0.771 bits per heavy atom. The molecular formula is C20H40N10O5. The molecule has 0 aliphatic rings. The molecule has 0 rings (SSSR count). The zero-order valence-electron chi connectivity index (χ0n) is 20.5. The molecule has 0 aliphatic heterocycles. The Morgan fingerprint density at radius 2 is 1.29 bits per heavy atom. The number of carbonyl (C=O) groups is 4. The number of hydrogen-bond donors (Lipinski definition) is 9. The highest BCUT2D eigenvalue weighted by atomic mass is 16.4. The summed E-state index contributed by atoms with van der Waals surface area (Å²) in [6, 6.07) is -4.09. The molecule has 0 saturated carbocycles. The number of carbonyl (C=O) groups excluding carboxylic acids is 3. The Balaban J connectivity index is 4.91. The summed E-state index contributed by atoms with van der Waals surface area (Å²) in [5.74, 6) is -3.61. The van der Waals surface area contributed by atoms with Crippen molar-refractivity contribution >= 4 is 35.6 Å². The molecule has 0 heterocycles. The number of rotatable bonds is 16. The van der Waals surface area contributed by atoms with Crippen molar-refractivity contribution in [1.29, 1.82) is 0 Å². The first-order valence-electron chi connectivity index (χ1n) is 11.3. The minimum absolute atomic E-state index is 0.0577. The third kappa shape index (κ3) is 13.6. The van der Waals surface area contributed by atoms with Gasteiger partial charge in [0.2, 0.25) is 17.7 Å². The number of nitrogens with two attached hydrogens (primary N) is 5. The summed E-state index contributed by atoms with van der Waals surface area (Å²) < 4.78 is 0. The molecule has 4 unspecified atom stereocenters. The van der Waals surface area contributed by atoms with E-state index in [9.17, 15) is 24.3 Å². The van der Waals surface area contributed by atoms with Gasteiger partial charge in [0, 0.05) is 13.1 Å². The molecule has 0 spiro atoms. The van der Waals surface area contributed by atoms with Gasteiger partial charge in [0.05, 0.1) is 6.04 Å². The van der Waals surface area contributed by atoms with E-state index in [0.29, 0.717) is 25.8 Å². The molecule has 15 nitrogen and oxygen atoms in total. The molecule has 0 fully saturated rings. The second-order valence-electron chi connectivity index (χ2n) is 8.36. The zero-order chi connectivity index (χ0) is 27.1. The summed E-state index contributed by atoms with van der Waals surface area (Å²) in [5, 5.41) is 16.9. The predicted octanol–water partition coefficient (Wildman–Crippen LogP) is -3.36. The third-order valence-corrected chi connectivity index (χ3v) is 4.86. The predicted molar refractivity (Wildman–Crippen MR) is 132 cm³/mol. The molecule has 0 aromatic carbocycles. The van der Waals surface area contributed by atoms with E-state index >= 15 is 0 Å². The lowest BCUT2D eigenvalue weighted by atomic mass is 10.0. The Hall–Kier alpha value is -3.62. The summed E-state index contributed by atoms with van der Waals surface area (Å²) in [5.41, 5.74) is 26.8. The van der Waals surface area contributed by atoms with Crippen LogP contribution in [0.25, 0.3) is 0 Å². The minimum atomic E-state index is -1.23. The van der Waals surface area contributed by atoms with Crippen molar-refractivity contribution in [3.63, 3.8) is 0 Å². The Kier molecular flexibility index (Phi) is 14.4. The van der Waals surface area contributed by atoms with Gasteiger partial charge in [0.1, 0.15) is 18.1 Å². The molecule has 200 valence electrons. The van der Waals surface area contributed by atoms with Gasteiger partial charge in [-0.15, -0.1) is 0 Å². The number of carboxylic acid groups (broad SMARTS) is 1. The van der Waals surface area contributed by atoms with Gasteiger partial charge in [-0.2, -0.15) is 0 Å². The first-order chi connectivity index (χ1) is 16.3. The van der Waals surface area contributed by atoms with Crippen LogP contribution >= 0.6 is 0 Å². The fourth-order valence-electron chi connectivity index (χ4n) is 2.87. The molecule has 3 amide bonds. The van der Waals surface area contributed by atoms with Crippen LogP contribution in [0.5, 0.6) is 0 Å². The maximum absolute atomic E-state index is 12.7. The number of nitrogens with zero attached hydrogens (tertiary/aromatic N) is 2. The van der Waals surface area contributed by atoms with Crippen molar-refractivity contribution < 1.29 is 24.3 Å². The van der Waals surface area contributed by atoms with Crippen LogP contribution in [-0.4, -0.2) is 78.0 Å². The molecule has 0 radical (unpaired) electrons. The SMILES string of the molecule is CC(NC(=O)C(N)CCCN=C(N)N)C(=O)NC(C(=O)NC(CCCN=C(N)N)C(=O)O)C(C)C. The lowest BCUT2D eigenvalue weighted by molar-refractivity contribution is -0.142. The molecule has 0 aromatic rings. The Bertz CT molecular complexity index is 778. The van der Waals surface area contributed by atoms with E-state index in [1.54, 1.807) is 13.8 Å². The number of aliphatic carboxylic acids is 1. The van der Waals surface area contributed by atoms with Crippen LogP contribution in [0.1, 0.15) is 46.5 Å². The van der Waals surface area contributed by atoms with Crippen LogP contribution < -0.4 is 44.6 Å². The summed E-state index contributed by atoms with van der Waals surface area (Å²) >= 11 is 0. The van der Waals surface area contributed by atoms with Crippen molar-refractivity contribution in [1.82, 2.24) is 16.0 Å². The Morgan fingerprint density at radius 3 is 1.74 bits per heavy atom. The van der Waals surface area contributed by atoms with Crippen molar-refractivity contribution in [2.75, 3.05) is 13.1 Å². The second-order valence-corrected chi connectivity index (χ2v) is 8.36. The maximum atomic E-state index is 12.7. The molecule has 14 N–H and O–H groups in total. The monoisotopic (exact) mass is 500 g/mol. The zero-order valence-corrected chi connectivity index (χ0v) is 20.5. The summed E-state index contributed by atoms with van der Waals surface area (Å²) in [6.07, 6.45) is 1.18. The quantitative estimate of drug-likeness (QED) is 0.0576. The topological polar surface area (TPSA) is 279 Å². The van der Waals surface area contributed by atoms with E-state index in [0.717, 1.165) is 0 Å². The standard InChI is InChI=1S/C20H40N10O5/c1-10(2)14(17(33)29-13(18(34)35)7-5-9-27-20(24)25)30-15(31)11(3)28-16(32)12(21)6-4-8-26-19(22)23/h10-14H,4-9,21H2,1-3H3,(H,28,32)(H,29,33)(H,30,31)(H,34,35)(H4,22,23,26)(H4,24,25,27). The van der Waals surface area contributed by atoms with Gasteiger partial charge in [-0.3, -0.25) is 24.4 Å². The molecule has 0 bridgehead atoms. The van der Waals surface area contributed by atoms with E-state index in [1.165, 1.54) is 6.92 Å². The highest BCUT2D eigenvalue weighted by Gasteiger charge is 2.30. The highest BCUT2D eigenvalue weighted by Crippen LogP contribution is 2.06. The molecular weight excluding hydrogens is 460 g/mol. The molecule has 0 saturated heterocycles. The number of amides is 3. The fourth-order valence-corrected chi connectivity index (χ4v) is 2.87. The lowest BCUT2D eigenvalue weighted by Gasteiger charge is -2.26. The van der Waals surface area contributed by atoms with Crippen molar-refractivity contribution in [2.45, 2.75) is 70.6 Å². The van der Waals surface area contributed by atoms with Gasteiger partial charge in [-0.25, -0.2) is 4.79 Å². The minimum Gasteiger partial charge on any atom is -0.480 e. The summed E-state index contributed by atoms with van der Waals surface area (Å²) in [4.78, 5) is 56.7.